The summed E-state index contributed by atoms with van der Waals surface area (Å²) in [6, 6.07) is 10.2. The Labute approximate surface area is 118 Å². The van der Waals surface area contributed by atoms with Gasteiger partial charge in [-0.05, 0) is 35.3 Å². The van der Waals surface area contributed by atoms with Crippen LogP contribution in [-0.2, 0) is 6.42 Å². The SMILES string of the molecule is CCCc1ccc(C(C)NC2C(C)(C)C2(C)C)cc1. The maximum atomic E-state index is 3.80. The Kier molecular flexibility index (Phi) is 3.79. The standard InChI is InChI=1S/C18H29N/c1-7-8-14-9-11-15(12-10-14)13(2)19-16-17(3,4)18(16,5)6/h9-13,16,19H,7-8H2,1-6H3. The molecule has 1 nitrogen and oxygen atoms in total. The van der Waals surface area contributed by atoms with E-state index >= 15 is 0 Å². The maximum absolute atomic E-state index is 3.80. The van der Waals surface area contributed by atoms with Gasteiger partial charge in [-0.25, -0.2) is 0 Å². The van der Waals surface area contributed by atoms with Crippen molar-refractivity contribution in [2.45, 2.75) is 66.5 Å². The highest BCUT2D eigenvalue weighted by Gasteiger charge is 2.64. The van der Waals surface area contributed by atoms with Crippen molar-refractivity contribution in [1.82, 2.24) is 5.32 Å². The van der Waals surface area contributed by atoms with Crippen LogP contribution in [0, 0.1) is 10.8 Å². The first kappa shape index (κ1) is 14.6. The van der Waals surface area contributed by atoms with E-state index in [9.17, 15) is 0 Å². The molecule has 1 atom stereocenters. The van der Waals surface area contributed by atoms with Crippen LogP contribution in [0.4, 0.5) is 0 Å². The second-order valence-corrected chi connectivity index (χ2v) is 7.26. The second-order valence-electron chi connectivity index (χ2n) is 7.26. The van der Waals surface area contributed by atoms with Crippen LogP contribution in [0.5, 0.6) is 0 Å². The summed E-state index contributed by atoms with van der Waals surface area (Å²) in [5.74, 6) is 0. The molecule has 19 heavy (non-hydrogen) atoms. The van der Waals surface area contributed by atoms with E-state index in [1.54, 1.807) is 0 Å². The van der Waals surface area contributed by atoms with Crippen LogP contribution in [0.1, 0.15) is 65.1 Å². The topological polar surface area (TPSA) is 12.0 Å². The van der Waals surface area contributed by atoms with Gasteiger partial charge in [0, 0.05) is 12.1 Å². The summed E-state index contributed by atoms with van der Waals surface area (Å²) >= 11 is 0. The minimum Gasteiger partial charge on any atom is -0.306 e. The van der Waals surface area contributed by atoms with E-state index in [2.05, 4.69) is 71.1 Å². The van der Waals surface area contributed by atoms with Gasteiger partial charge in [-0.1, -0.05) is 65.3 Å². The number of benzene rings is 1. The first-order chi connectivity index (χ1) is 8.80. The molecule has 0 spiro atoms. The monoisotopic (exact) mass is 259 g/mol. The Hall–Kier alpha value is -0.820. The average Bonchev–Trinajstić information content (AvgIpc) is 2.73. The predicted molar refractivity (Wildman–Crippen MR) is 83.3 cm³/mol. The van der Waals surface area contributed by atoms with Gasteiger partial charge in [-0.3, -0.25) is 0 Å². The first-order valence-electron chi connectivity index (χ1n) is 7.65. The van der Waals surface area contributed by atoms with E-state index in [-0.39, 0.29) is 0 Å². The average molecular weight is 259 g/mol. The van der Waals surface area contributed by atoms with Crippen molar-refractivity contribution in [3.63, 3.8) is 0 Å². The summed E-state index contributed by atoms with van der Waals surface area (Å²) in [6.45, 7) is 14.0. The molecule has 0 amide bonds. The highest BCUT2D eigenvalue weighted by Crippen LogP contribution is 2.63. The Balaban J connectivity index is 1.99. The van der Waals surface area contributed by atoms with Crippen molar-refractivity contribution >= 4 is 0 Å². The van der Waals surface area contributed by atoms with Gasteiger partial charge in [0.25, 0.3) is 0 Å². The van der Waals surface area contributed by atoms with E-state index in [1.807, 2.05) is 0 Å². The lowest BCUT2D eigenvalue weighted by Crippen LogP contribution is -2.25. The third kappa shape index (κ3) is 2.58. The minimum atomic E-state index is 0.406. The Morgan fingerprint density at radius 1 is 1.05 bits per heavy atom. The molecule has 0 aromatic heterocycles. The molecule has 1 unspecified atom stereocenters. The van der Waals surface area contributed by atoms with Gasteiger partial charge in [0.2, 0.25) is 0 Å². The van der Waals surface area contributed by atoms with Crippen LogP contribution in [0.15, 0.2) is 24.3 Å². The van der Waals surface area contributed by atoms with Crippen molar-refractivity contribution in [3.8, 4) is 0 Å². The summed E-state index contributed by atoms with van der Waals surface area (Å²) in [6.07, 6.45) is 2.41. The molecular formula is C18H29N. The Morgan fingerprint density at radius 2 is 1.58 bits per heavy atom. The zero-order chi connectivity index (χ0) is 14.3. The fourth-order valence-electron chi connectivity index (χ4n) is 3.22. The van der Waals surface area contributed by atoms with Crippen molar-refractivity contribution < 1.29 is 0 Å². The van der Waals surface area contributed by atoms with Gasteiger partial charge >= 0.3 is 0 Å². The smallest absolute Gasteiger partial charge is 0.0294 e. The molecule has 106 valence electrons. The van der Waals surface area contributed by atoms with Gasteiger partial charge < -0.3 is 5.32 Å². The number of hydrogen-bond acceptors (Lipinski definition) is 1. The number of nitrogens with one attached hydrogen (secondary N) is 1. The molecule has 1 saturated carbocycles. The summed E-state index contributed by atoms with van der Waals surface area (Å²) in [5.41, 5.74) is 3.66. The fraction of sp³-hybridized carbons (Fsp3) is 0.667. The molecule has 0 heterocycles. The predicted octanol–water partition coefficient (Wildman–Crippen LogP) is 4.72. The summed E-state index contributed by atoms with van der Waals surface area (Å²) in [4.78, 5) is 0. The highest BCUT2D eigenvalue weighted by atomic mass is 15.1. The van der Waals surface area contributed by atoms with E-state index in [0.29, 0.717) is 22.9 Å². The quantitative estimate of drug-likeness (QED) is 0.806. The van der Waals surface area contributed by atoms with E-state index < -0.39 is 0 Å². The molecule has 0 radical (unpaired) electrons. The maximum Gasteiger partial charge on any atom is 0.0294 e. The van der Waals surface area contributed by atoms with Crippen LogP contribution in [-0.4, -0.2) is 6.04 Å². The van der Waals surface area contributed by atoms with Gasteiger partial charge in [0.05, 0.1) is 0 Å². The molecular weight excluding hydrogens is 230 g/mol. The molecule has 1 aliphatic carbocycles. The third-order valence-electron chi connectivity index (χ3n) is 5.46. The van der Waals surface area contributed by atoms with Gasteiger partial charge in [-0.2, -0.15) is 0 Å². The van der Waals surface area contributed by atoms with Gasteiger partial charge in [0.15, 0.2) is 0 Å². The van der Waals surface area contributed by atoms with Gasteiger partial charge in [0.1, 0.15) is 0 Å². The summed E-state index contributed by atoms with van der Waals surface area (Å²) in [7, 11) is 0. The lowest BCUT2D eigenvalue weighted by molar-refractivity contribution is 0.457. The molecule has 0 bridgehead atoms. The van der Waals surface area contributed by atoms with Crippen molar-refractivity contribution in [2.24, 2.45) is 10.8 Å². The minimum absolute atomic E-state index is 0.406. The lowest BCUT2D eigenvalue weighted by Gasteiger charge is -2.16. The first-order valence-corrected chi connectivity index (χ1v) is 7.65. The molecule has 1 aromatic rings. The molecule has 1 fully saturated rings. The van der Waals surface area contributed by atoms with Crippen molar-refractivity contribution in [2.75, 3.05) is 0 Å². The Morgan fingerprint density at radius 3 is 2.00 bits per heavy atom. The number of hydrogen-bond donors (Lipinski definition) is 1. The van der Waals surface area contributed by atoms with Crippen molar-refractivity contribution in [3.05, 3.63) is 35.4 Å². The molecule has 1 N–H and O–H groups in total. The molecule has 1 aromatic carbocycles. The van der Waals surface area contributed by atoms with Crippen LogP contribution in [0.2, 0.25) is 0 Å². The molecule has 0 aliphatic heterocycles. The van der Waals surface area contributed by atoms with Crippen molar-refractivity contribution in [1.29, 1.82) is 0 Å². The molecule has 2 rings (SSSR count). The largest absolute Gasteiger partial charge is 0.306 e. The second kappa shape index (κ2) is 4.94. The van der Waals surface area contributed by atoms with Crippen LogP contribution in [0.3, 0.4) is 0 Å². The van der Waals surface area contributed by atoms with Crippen LogP contribution >= 0.6 is 0 Å². The summed E-state index contributed by atoms with van der Waals surface area (Å²) < 4.78 is 0. The molecule has 1 heteroatoms. The van der Waals surface area contributed by atoms with Crippen LogP contribution < -0.4 is 5.32 Å². The van der Waals surface area contributed by atoms with E-state index in [1.165, 1.54) is 24.0 Å². The number of aryl methyl sites for hydroxylation is 1. The molecule has 1 aliphatic rings. The normalized spacial score (nSPS) is 22.2. The number of rotatable bonds is 5. The third-order valence-corrected chi connectivity index (χ3v) is 5.46. The van der Waals surface area contributed by atoms with Crippen LogP contribution in [0.25, 0.3) is 0 Å². The summed E-state index contributed by atoms with van der Waals surface area (Å²) in [5, 5.41) is 3.80. The lowest BCUT2D eigenvalue weighted by atomic mass is 10.0. The Bertz CT molecular complexity index is 414. The zero-order valence-corrected chi connectivity index (χ0v) is 13.4. The zero-order valence-electron chi connectivity index (χ0n) is 13.4. The van der Waals surface area contributed by atoms with E-state index in [0.717, 1.165) is 0 Å². The highest BCUT2D eigenvalue weighted by molar-refractivity contribution is 5.26. The fourth-order valence-corrected chi connectivity index (χ4v) is 3.22. The van der Waals surface area contributed by atoms with Gasteiger partial charge in [-0.15, -0.1) is 0 Å². The van der Waals surface area contributed by atoms with E-state index in [4.69, 9.17) is 0 Å². The molecule has 0 saturated heterocycles.